The molecule has 33 heavy (non-hydrogen) atoms. The van der Waals surface area contributed by atoms with E-state index in [9.17, 15) is 10.1 Å². The zero-order valence-corrected chi connectivity index (χ0v) is 19.4. The zero-order valence-electron chi connectivity index (χ0n) is 17.7. The summed E-state index contributed by atoms with van der Waals surface area (Å²) in [5.41, 5.74) is 4.09. The van der Waals surface area contributed by atoms with Crippen molar-refractivity contribution in [1.82, 2.24) is 24.6 Å². The highest BCUT2D eigenvalue weighted by Crippen LogP contribution is 2.30. The van der Waals surface area contributed by atoms with Crippen LogP contribution in [0, 0.1) is 25.2 Å². The predicted octanol–water partition coefficient (Wildman–Crippen LogP) is 4.62. The van der Waals surface area contributed by atoms with Gasteiger partial charge in [-0.2, -0.15) is 5.26 Å². The van der Waals surface area contributed by atoms with Crippen molar-refractivity contribution in [3.63, 3.8) is 0 Å². The van der Waals surface area contributed by atoms with E-state index in [1.807, 2.05) is 49.4 Å². The summed E-state index contributed by atoms with van der Waals surface area (Å²) in [7, 11) is 0. The topological polar surface area (TPSA) is 109 Å². The third-order valence-electron chi connectivity index (χ3n) is 4.97. The Morgan fingerprint density at radius 1 is 1.15 bits per heavy atom. The van der Waals surface area contributed by atoms with Crippen molar-refractivity contribution >= 4 is 50.0 Å². The lowest BCUT2D eigenvalue weighted by Crippen LogP contribution is -2.14. The van der Waals surface area contributed by atoms with Gasteiger partial charge < -0.3 is 5.32 Å². The number of thioether (sulfide) groups is 1. The lowest BCUT2D eigenvalue weighted by atomic mass is 10.1. The van der Waals surface area contributed by atoms with Gasteiger partial charge in [-0.3, -0.25) is 9.20 Å². The molecule has 0 atom stereocenters. The SMILES string of the molecule is Cc1ccc2nc(NC(=O)CSc3nc(-c4ccccc4)c(C#N)c4nnc(C)n34)sc2c1. The Hall–Kier alpha value is -3.81. The maximum absolute atomic E-state index is 12.7. The van der Waals surface area contributed by atoms with Gasteiger partial charge in [0.25, 0.3) is 0 Å². The van der Waals surface area contributed by atoms with Gasteiger partial charge in [-0.25, -0.2) is 9.97 Å². The maximum Gasteiger partial charge on any atom is 0.236 e. The van der Waals surface area contributed by atoms with Crippen molar-refractivity contribution < 1.29 is 4.79 Å². The first-order valence-electron chi connectivity index (χ1n) is 10.0. The highest BCUT2D eigenvalue weighted by atomic mass is 32.2. The van der Waals surface area contributed by atoms with Crippen LogP contribution in [0.15, 0.2) is 53.7 Å². The second-order valence-electron chi connectivity index (χ2n) is 7.33. The summed E-state index contributed by atoms with van der Waals surface area (Å²) < 4.78 is 2.74. The summed E-state index contributed by atoms with van der Waals surface area (Å²) >= 11 is 2.70. The number of nitrogens with one attached hydrogen (secondary N) is 1. The van der Waals surface area contributed by atoms with E-state index in [4.69, 9.17) is 4.98 Å². The van der Waals surface area contributed by atoms with Crippen LogP contribution in [0.25, 0.3) is 27.1 Å². The van der Waals surface area contributed by atoms with E-state index >= 15 is 0 Å². The minimum atomic E-state index is -0.193. The third-order valence-corrected chi connectivity index (χ3v) is 6.84. The largest absolute Gasteiger partial charge is 0.301 e. The first-order chi connectivity index (χ1) is 16.0. The summed E-state index contributed by atoms with van der Waals surface area (Å²) in [6, 6.07) is 17.7. The number of carbonyl (C=O) groups is 1. The van der Waals surface area contributed by atoms with E-state index < -0.39 is 0 Å². The molecule has 8 nitrogen and oxygen atoms in total. The molecule has 1 amide bonds. The summed E-state index contributed by atoms with van der Waals surface area (Å²) in [5.74, 6) is 0.523. The molecule has 162 valence electrons. The van der Waals surface area contributed by atoms with Gasteiger partial charge in [-0.15, -0.1) is 10.2 Å². The fourth-order valence-corrected chi connectivity index (χ4v) is 5.25. The average Bonchev–Trinajstić information content (AvgIpc) is 3.40. The molecule has 0 unspecified atom stereocenters. The minimum absolute atomic E-state index is 0.120. The first-order valence-corrected chi connectivity index (χ1v) is 11.8. The van der Waals surface area contributed by atoms with Crippen LogP contribution in [0.1, 0.15) is 17.0 Å². The van der Waals surface area contributed by atoms with Crippen LogP contribution in [0.4, 0.5) is 5.13 Å². The Kier molecular flexibility index (Phi) is 5.50. The number of amides is 1. The van der Waals surface area contributed by atoms with Crippen molar-refractivity contribution in [2.45, 2.75) is 19.0 Å². The molecule has 0 aliphatic heterocycles. The van der Waals surface area contributed by atoms with Gasteiger partial charge in [0, 0.05) is 5.56 Å². The lowest BCUT2D eigenvalue weighted by molar-refractivity contribution is -0.113. The van der Waals surface area contributed by atoms with Crippen molar-refractivity contribution in [3.8, 4) is 17.3 Å². The van der Waals surface area contributed by atoms with Crippen LogP contribution in [0.3, 0.4) is 0 Å². The Balaban J connectivity index is 1.44. The van der Waals surface area contributed by atoms with Gasteiger partial charge in [0.2, 0.25) is 5.91 Å². The van der Waals surface area contributed by atoms with Crippen LogP contribution >= 0.6 is 23.1 Å². The Morgan fingerprint density at radius 2 is 1.97 bits per heavy atom. The lowest BCUT2D eigenvalue weighted by Gasteiger charge is -2.10. The number of rotatable bonds is 5. The molecule has 3 heterocycles. The number of carbonyl (C=O) groups excluding carboxylic acids is 1. The molecule has 0 saturated heterocycles. The number of aromatic nitrogens is 5. The van der Waals surface area contributed by atoms with Crippen molar-refractivity contribution in [1.29, 1.82) is 5.26 Å². The molecule has 1 N–H and O–H groups in total. The van der Waals surface area contributed by atoms with Crippen molar-refractivity contribution in [3.05, 3.63) is 65.5 Å². The number of aryl methyl sites for hydroxylation is 2. The highest BCUT2D eigenvalue weighted by Gasteiger charge is 2.20. The van der Waals surface area contributed by atoms with Gasteiger partial charge in [0.05, 0.1) is 21.7 Å². The molecular formula is C23H17N7OS2. The number of nitriles is 1. The van der Waals surface area contributed by atoms with E-state index in [0.717, 1.165) is 21.3 Å². The Labute approximate surface area is 197 Å². The monoisotopic (exact) mass is 471 g/mol. The zero-order chi connectivity index (χ0) is 22.9. The molecular weight excluding hydrogens is 454 g/mol. The molecule has 5 aromatic rings. The molecule has 0 bridgehead atoms. The smallest absolute Gasteiger partial charge is 0.236 e. The van der Waals surface area contributed by atoms with Crippen LogP contribution in [0.2, 0.25) is 0 Å². The quantitative estimate of drug-likeness (QED) is 0.294. The summed E-state index contributed by atoms with van der Waals surface area (Å²) in [5, 5.41) is 22.1. The molecule has 0 saturated carbocycles. The number of hydrogen-bond acceptors (Lipinski definition) is 8. The number of anilines is 1. The van der Waals surface area contributed by atoms with Gasteiger partial charge in [0.15, 0.2) is 15.9 Å². The minimum Gasteiger partial charge on any atom is -0.301 e. The average molecular weight is 472 g/mol. The molecule has 0 aliphatic carbocycles. The molecule has 2 aromatic carbocycles. The van der Waals surface area contributed by atoms with Crippen LogP contribution in [0.5, 0.6) is 0 Å². The molecule has 0 radical (unpaired) electrons. The van der Waals surface area contributed by atoms with Gasteiger partial charge >= 0.3 is 0 Å². The Morgan fingerprint density at radius 3 is 2.76 bits per heavy atom. The fourth-order valence-electron chi connectivity index (χ4n) is 3.44. The second-order valence-corrected chi connectivity index (χ2v) is 9.30. The van der Waals surface area contributed by atoms with Gasteiger partial charge in [-0.05, 0) is 31.5 Å². The van der Waals surface area contributed by atoms with E-state index in [0.29, 0.717) is 33.0 Å². The summed E-state index contributed by atoms with van der Waals surface area (Å²) in [4.78, 5) is 21.9. The maximum atomic E-state index is 12.7. The van der Waals surface area contributed by atoms with Crippen LogP contribution in [-0.4, -0.2) is 36.2 Å². The number of benzene rings is 2. The molecule has 0 spiro atoms. The van der Waals surface area contributed by atoms with Crippen LogP contribution in [-0.2, 0) is 4.79 Å². The standard InChI is InChI=1S/C23H17N7OS2/c1-13-8-9-17-18(10-13)33-22(25-17)26-19(31)12-32-23-27-20(15-6-4-3-5-7-15)16(11-24)21-29-28-14(2)30(21)23/h3-10H,12H2,1-2H3,(H,25,26,31). The van der Waals surface area contributed by atoms with E-state index in [1.165, 1.54) is 23.1 Å². The number of nitrogens with zero attached hydrogens (tertiary/aromatic N) is 6. The first kappa shape index (κ1) is 21.1. The van der Waals surface area contributed by atoms with Gasteiger partial charge in [0.1, 0.15) is 17.5 Å². The van der Waals surface area contributed by atoms with E-state index in [1.54, 1.807) is 11.3 Å². The van der Waals surface area contributed by atoms with Crippen molar-refractivity contribution in [2.24, 2.45) is 0 Å². The summed E-state index contributed by atoms with van der Waals surface area (Å²) in [6.07, 6.45) is 0. The second kappa shape index (κ2) is 8.61. The molecule has 5 rings (SSSR count). The van der Waals surface area contributed by atoms with Gasteiger partial charge in [-0.1, -0.05) is 59.5 Å². The predicted molar refractivity (Wildman–Crippen MR) is 129 cm³/mol. The molecule has 0 fully saturated rings. The number of thiazole rings is 1. The van der Waals surface area contributed by atoms with Crippen molar-refractivity contribution in [2.75, 3.05) is 11.1 Å². The molecule has 10 heteroatoms. The summed E-state index contributed by atoms with van der Waals surface area (Å²) in [6.45, 7) is 3.81. The molecule has 0 aliphatic rings. The highest BCUT2D eigenvalue weighted by molar-refractivity contribution is 7.99. The number of hydrogen-bond donors (Lipinski definition) is 1. The van der Waals surface area contributed by atoms with E-state index in [-0.39, 0.29) is 11.7 Å². The Bertz CT molecular complexity index is 1550. The number of fused-ring (bicyclic) bond motifs is 2. The third kappa shape index (κ3) is 4.04. The molecule has 3 aromatic heterocycles. The van der Waals surface area contributed by atoms with E-state index in [2.05, 4.69) is 32.6 Å². The normalized spacial score (nSPS) is 11.1. The van der Waals surface area contributed by atoms with Crippen LogP contribution < -0.4 is 5.32 Å². The fraction of sp³-hybridized carbons (Fsp3) is 0.130.